The molecule has 0 aromatic heterocycles. The zero-order chi connectivity index (χ0) is 15.4. The highest BCUT2D eigenvalue weighted by molar-refractivity contribution is 9.10. The van der Waals surface area contributed by atoms with E-state index in [1.165, 1.54) is 19.2 Å². The fraction of sp³-hybridized carbons (Fsp3) is 0.0667. The number of amides is 1. The molecule has 0 fully saturated rings. The van der Waals surface area contributed by atoms with Gasteiger partial charge < -0.3 is 10.1 Å². The number of hydrogen-bond acceptors (Lipinski definition) is 3. The molecule has 108 valence electrons. The minimum absolute atomic E-state index is 0.198. The summed E-state index contributed by atoms with van der Waals surface area (Å²) in [7, 11) is 1.27. The predicted molar refractivity (Wildman–Crippen MR) is 84.9 cm³/mol. The lowest BCUT2D eigenvalue weighted by Crippen LogP contribution is -2.13. The van der Waals surface area contributed by atoms with Crippen molar-refractivity contribution in [3.63, 3.8) is 0 Å². The number of carbonyl (C=O) groups is 2. The first kappa shape index (κ1) is 15.5. The molecule has 0 spiro atoms. The molecule has 0 aliphatic rings. The van der Waals surface area contributed by atoms with E-state index in [2.05, 4.69) is 26.0 Å². The van der Waals surface area contributed by atoms with Crippen LogP contribution in [0.4, 0.5) is 5.69 Å². The van der Waals surface area contributed by atoms with Crippen molar-refractivity contribution >= 4 is 45.1 Å². The topological polar surface area (TPSA) is 55.4 Å². The van der Waals surface area contributed by atoms with E-state index in [0.29, 0.717) is 15.7 Å². The van der Waals surface area contributed by atoms with Crippen LogP contribution in [0.25, 0.3) is 0 Å². The molecular weight excluding hydrogens is 358 g/mol. The quantitative estimate of drug-likeness (QED) is 0.828. The highest BCUT2D eigenvalue weighted by atomic mass is 79.9. The second-order valence-electron chi connectivity index (χ2n) is 4.12. The molecule has 0 heterocycles. The van der Waals surface area contributed by atoms with E-state index in [1.807, 2.05) is 6.07 Å². The Kier molecular flexibility index (Phi) is 4.98. The summed E-state index contributed by atoms with van der Waals surface area (Å²) in [4.78, 5) is 23.7. The number of carbonyl (C=O) groups excluding carboxylic acids is 2. The summed E-state index contributed by atoms with van der Waals surface area (Å²) in [6.45, 7) is 0. The van der Waals surface area contributed by atoms with Crippen LogP contribution in [0.5, 0.6) is 0 Å². The van der Waals surface area contributed by atoms with Gasteiger partial charge in [0.25, 0.3) is 5.91 Å². The molecule has 0 saturated heterocycles. The van der Waals surface area contributed by atoms with Crippen molar-refractivity contribution in [1.82, 2.24) is 0 Å². The van der Waals surface area contributed by atoms with Gasteiger partial charge in [-0.15, -0.1) is 0 Å². The largest absolute Gasteiger partial charge is 0.465 e. The van der Waals surface area contributed by atoms with Gasteiger partial charge in [0.05, 0.1) is 23.3 Å². The maximum atomic E-state index is 12.2. The third-order valence-electron chi connectivity index (χ3n) is 2.75. The van der Waals surface area contributed by atoms with Crippen LogP contribution in [0.15, 0.2) is 46.9 Å². The van der Waals surface area contributed by atoms with E-state index in [0.717, 1.165) is 0 Å². The number of benzene rings is 2. The van der Waals surface area contributed by atoms with E-state index in [9.17, 15) is 9.59 Å². The van der Waals surface area contributed by atoms with Gasteiger partial charge in [0.15, 0.2) is 0 Å². The minimum Gasteiger partial charge on any atom is -0.465 e. The van der Waals surface area contributed by atoms with Crippen LogP contribution in [0.3, 0.4) is 0 Å². The molecule has 0 saturated carbocycles. The first-order valence-electron chi connectivity index (χ1n) is 5.96. The fourth-order valence-corrected chi connectivity index (χ4v) is 2.37. The van der Waals surface area contributed by atoms with Gasteiger partial charge in [-0.05, 0) is 46.3 Å². The Morgan fingerprint density at radius 3 is 2.52 bits per heavy atom. The summed E-state index contributed by atoms with van der Waals surface area (Å²) in [6, 6.07) is 11.7. The molecule has 1 N–H and O–H groups in total. The van der Waals surface area contributed by atoms with Crippen LogP contribution in [0.1, 0.15) is 20.7 Å². The molecule has 21 heavy (non-hydrogen) atoms. The number of nitrogens with one attached hydrogen (secondary N) is 1. The van der Waals surface area contributed by atoms with Gasteiger partial charge in [0.1, 0.15) is 0 Å². The molecule has 2 rings (SSSR count). The van der Waals surface area contributed by atoms with Crippen molar-refractivity contribution in [2.75, 3.05) is 12.4 Å². The van der Waals surface area contributed by atoms with Gasteiger partial charge in [0.2, 0.25) is 0 Å². The maximum Gasteiger partial charge on any atom is 0.339 e. The third-order valence-corrected chi connectivity index (χ3v) is 3.77. The van der Waals surface area contributed by atoms with Crippen molar-refractivity contribution < 1.29 is 14.3 Å². The summed E-state index contributed by atoms with van der Waals surface area (Å²) in [5, 5.41) is 2.97. The molecule has 0 atom stereocenters. The Hall–Kier alpha value is -1.85. The minimum atomic E-state index is -0.558. The van der Waals surface area contributed by atoms with Gasteiger partial charge in [-0.1, -0.05) is 23.7 Å². The second kappa shape index (κ2) is 6.74. The van der Waals surface area contributed by atoms with Crippen LogP contribution in [-0.4, -0.2) is 19.0 Å². The lowest BCUT2D eigenvalue weighted by molar-refractivity contribution is 0.0600. The Labute approximate surface area is 135 Å². The molecule has 0 bridgehead atoms. The number of rotatable bonds is 3. The lowest BCUT2D eigenvalue weighted by Gasteiger charge is -2.09. The standard InChI is InChI=1S/C15H11BrClNO3/c1-21-15(20)11-8-9(6-7-13(11)17)18-14(19)10-4-2-3-5-12(10)16/h2-8H,1H3,(H,18,19). The highest BCUT2D eigenvalue weighted by Gasteiger charge is 2.14. The SMILES string of the molecule is COC(=O)c1cc(NC(=O)c2ccccc2Br)ccc1Cl. The molecule has 1 amide bonds. The molecular formula is C15H11BrClNO3. The zero-order valence-corrected chi connectivity index (χ0v) is 13.4. The van der Waals surface area contributed by atoms with Gasteiger partial charge in [-0.2, -0.15) is 0 Å². The summed E-state index contributed by atoms with van der Waals surface area (Å²) >= 11 is 9.24. The van der Waals surface area contributed by atoms with Crippen LogP contribution < -0.4 is 5.32 Å². The molecule has 6 heteroatoms. The summed E-state index contributed by atoms with van der Waals surface area (Å²) in [5.74, 6) is -0.849. The van der Waals surface area contributed by atoms with E-state index < -0.39 is 5.97 Å². The average molecular weight is 369 g/mol. The van der Waals surface area contributed by atoms with Crippen LogP contribution >= 0.6 is 27.5 Å². The van der Waals surface area contributed by atoms with Gasteiger partial charge in [-0.25, -0.2) is 4.79 Å². The first-order chi connectivity index (χ1) is 10.0. The second-order valence-corrected chi connectivity index (χ2v) is 5.38. The Morgan fingerprint density at radius 2 is 1.86 bits per heavy atom. The molecule has 4 nitrogen and oxygen atoms in total. The molecule has 0 aliphatic heterocycles. The normalized spacial score (nSPS) is 10.0. The zero-order valence-electron chi connectivity index (χ0n) is 11.0. The third kappa shape index (κ3) is 3.62. The predicted octanol–water partition coefficient (Wildman–Crippen LogP) is 4.14. The summed E-state index contributed by atoms with van der Waals surface area (Å²) in [6.07, 6.45) is 0. The van der Waals surface area contributed by atoms with E-state index in [1.54, 1.807) is 24.3 Å². The van der Waals surface area contributed by atoms with E-state index in [4.69, 9.17) is 11.6 Å². The smallest absolute Gasteiger partial charge is 0.339 e. The Bertz CT molecular complexity index is 703. The number of methoxy groups -OCH3 is 1. The van der Waals surface area contributed by atoms with Crippen molar-refractivity contribution in [3.8, 4) is 0 Å². The van der Waals surface area contributed by atoms with Crippen LogP contribution in [-0.2, 0) is 4.74 Å². The highest BCUT2D eigenvalue weighted by Crippen LogP contribution is 2.23. The monoisotopic (exact) mass is 367 g/mol. The van der Waals surface area contributed by atoms with Crippen molar-refractivity contribution in [2.45, 2.75) is 0 Å². The fourth-order valence-electron chi connectivity index (χ4n) is 1.71. The molecule has 0 aliphatic carbocycles. The van der Waals surface area contributed by atoms with Gasteiger partial charge in [0, 0.05) is 10.2 Å². The molecule has 0 unspecified atom stereocenters. The number of hydrogen-bond donors (Lipinski definition) is 1. The molecule has 0 radical (unpaired) electrons. The molecule has 2 aromatic carbocycles. The average Bonchev–Trinajstić information content (AvgIpc) is 2.48. The summed E-state index contributed by atoms with van der Waals surface area (Å²) in [5.41, 5.74) is 1.15. The lowest BCUT2D eigenvalue weighted by atomic mass is 10.1. The Balaban J connectivity index is 2.26. The Morgan fingerprint density at radius 1 is 1.14 bits per heavy atom. The van der Waals surface area contributed by atoms with E-state index in [-0.39, 0.29) is 16.5 Å². The van der Waals surface area contributed by atoms with Crippen LogP contribution in [0.2, 0.25) is 5.02 Å². The van der Waals surface area contributed by atoms with Crippen molar-refractivity contribution in [3.05, 3.63) is 63.1 Å². The van der Waals surface area contributed by atoms with Crippen LogP contribution in [0, 0.1) is 0 Å². The maximum absolute atomic E-state index is 12.2. The number of halogens is 2. The summed E-state index contributed by atoms with van der Waals surface area (Å²) < 4.78 is 5.32. The number of ether oxygens (including phenoxy) is 1. The van der Waals surface area contributed by atoms with Gasteiger partial charge in [-0.3, -0.25) is 4.79 Å². The number of anilines is 1. The van der Waals surface area contributed by atoms with Gasteiger partial charge >= 0.3 is 5.97 Å². The number of esters is 1. The first-order valence-corrected chi connectivity index (χ1v) is 7.13. The van der Waals surface area contributed by atoms with Crippen molar-refractivity contribution in [2.24, 2.45) is 0 Å². The van der Waals surface area contributed by atoms with Crippen molar-refractivity contribution in [1.29, 1.82) is 0 Å². The van der Waals surface area contributed by atoms with E-state index >= 15 is 0 Å². The molecule has 2 aromatic rings.